The molecular weight excluding hydrogens is 324 g/mol. The van der Waals surface area contributed by atoms with Crippen LogP contribution >= 0.6 is 0 Å². The number of methoxy groups -OCH3 is 1. The number of nitrogens with zero attached hydrogens (tertiary/aromatic N) is 2. The second kappa shape index (κ2) is 9.01. The van der Waals surface area contributed by atoms with Crippen LogP contribution < -0.4 is 0 Å². The molecule has 1 saturated carbocycles. The molecular formula is C22H34N2O2. The fraction of sp³-hybridized carbons (Fsp3) is 0.682. The van der Waals surface area contributed by atoms with Crippen molar-refractivity contribution in [1.29, 1.82) is 0 Å². The van der Waals surface area contributed by atoms with Crippen LogP contribution in [-0.2, 0) is 16.0 Å². The van der Waals surface area contributed by atoms with Crippen LogP contribution in [0.4, 0.5) is 0 Å². The Balaban J connectivity index is 1.44. The molecule has 0 bridgehead atoms. The van der Waals surface area contributed by atoms with Crippen LogP contribution in [0.5, 0.6) is 0 Å². The first-order chi connectivity index (χ1) is 12.6. The van der Waals surface area contributed by atoms with E-state index >= 15 is 0 Å². The lowest BCUT2D eigenvalue weighted by Crippen LogP contribution is -2.47. The molecule has 26 heavy (non-hydrogen) atoms. The zero-order chi connectivity index (χ0) is 18.5. The van der Waals surface area contributed by atoms with Crippen LogP contribution in [0, 0.1) is 11.8 Å². The summed E-state index contributed by atoms with van der Waals surface area (Å²) in [6, 6.07) is 11.0. The van der Waals surface area contributed by atoms with Gasteiger partial charge in [0.25, 0.3) is 0 Å². The third-order valence-corrected chi connectivity index (χ3v) is 6.35. The summed E-state index contributed by atoms with van der Waals surface area (Å²) in [5, 5.41) is 0. The maximum absolute atomic E-state index is 12.7. The number of unbranched alkanes of at least 4 members (excludes halogenated alkanes) is 1. The maximum atomic E-state index is 12.7. The first-order valence-electron chi connectivity index (χ1n) is 10.1. The number of ether oxygens (including phenoxy) is 1. The molecule has 1 aromatic carbocycles. The normalized spacial score (nSPS) is 28.4. The summed E-state index contributed by atoms with van der Waals surface area (Å²) < 4.78 is 5.75. The third-order valence-electron chi connectivity index (χ3n) is 6.35. The second-order valence-electron chi connectivity index (χ2n) is 8.29. The van der Waals surface area contributed by atoms with Gasteiger partial charge in [0.05, 0.1) is 6.10 Å². The molecule has 144 valence electrons. The Morgan fingerprint density at radius 3 is 2.46 bits per heavy atom. The Kier molecular flexibility index (Phi) is 6.71. The van der Waals surface area contributed by atoms with Crippen molar-refractivity contribution in [3.63, 3.8) is 0 Å². The van der Waals surface area contributed by atoms with Crippen molar-refractivity contribution in [3.05, 3.63) is 35.9 Å². The molecule has 0 aromatic heterocycles. The highest BCUT2D eigenvalue weighted by atomic mass is 16.5. The molecule has 0 spiro atoms. The van der Waals surface area contributed by atoms with Gasteiger partial charge in [0.15, 0.2) is 0 Å². The lowest BCUT2D eigenvalue weighted by molar-refractivity contribution is -0.130. The van der Waals surface area contributed by atoms with Gasteiger partial charge in [-0.05, 0) is 63.6 Å². The molecule has 1 heterocycles. The minimum absolute atomic E-state index is 0.298. The molecule has 0 N–H and O–H groups in total. The fourth-order valence-corrected chi connectivity index (χ4v) is 4.80. The quantitative estimate of drug-likeness (QED) is 0.702. The highest BCUT2D eigenvalue weighted by molar-refractivity contribution is 5.76. The Morgan fingerprint density at radius 1 is 1.12 bits per heavy atom. The number of likely N-dealkylation sites (N-methyl/N-ethyl adjacent to an activating group) is 1. The van der Waals surface area contributed by atoms with E-state index in [0.29, 0.717) is 36.3 Å². The summed E-state index contributed by atoms with van der Waals surface area (Å²) in [6.07, 6.45) is 6.37. The highest BCUT2D eigenvalue weighted by Crippen LogP contribution is 2.39. The van der Waals surface area contributed by atoms with Gasteiger partial charge in [0.2, 0.25) is 5.91 Å². The molecule has 3 rings (SSSR count). The van der Waals surface area contributed by atoms with Gasteiger partial charge in [0.1, 0.15) is 0 Å². The summed E-state index contributed by atoms with van der Waals surface area (Å²) >= 11 is 0. The van der Waals surface area contributed by atoms with E-state index in [2.05, 4.69) is 54.2 Å². The molecule has 2 fully saturated rings. The topological polar surface area (TPSA) is 32.8 Å². The Hall–Kier alpha value is -1.39. The summed E-state index contributed by atoms with van der Waals surface area (Å²) in [6.45, 7) is 1.88. The van der Waals surface area contributed by atoms with Gasteiger partial charge in [-0.1, -0.05) is 30.3 Å². The standard InChI is InChI=1S/C22H34N2O2/c1-23(2)20-13-18-15-24(16-19(18)14-21(20)26-3)22(25)12-8-7-11-17-9-5-4-6-10-17/h4-6,9-10,18-21H,7-8,11-16H2,1-3H3/t18-,19+,20-,21-/m1/s1. The molecule has 0 radical (unpaired) electrons. The van der Waals surface area contributed by atoms with Gasteiger partial charge in [-0.25, -0.2) is 0 Å². The number of rotatable bonds is 7. The van der Waals surface area contributed by atoms with Crippen LogP contribution in [0.3, 0.4) is 0 Å². The van der Waals surface area contributed by atoms with E-state index < -0.39 is 0 Å². The zero-order valence-corrected chi connectivity index (χ0v) is 16.6. The molecule has 1 amide bonds. The number of hydrogen-bond acceptors (Lipinski definition) is 3. The largest absolute Gasteiger partial charge is 0.380 e. The lowest BCUT2D eigenvalue weighted by atomic mass is 9.77. The second-order valence-corrected chi connectivity index (χ2v) is 8.29. The SMILES string of the molecule is CO[C@@H]1C[C@H]2CN(C(=O)CCCCc3ccccc3)C[C@H]2C[C@H]1N(C)C. The highest BCUT2D eigenvalue weighted by Gasteiger charge is 2.43. The van der Waals surface area contributed by atoms with Crippen molar-refractivity contribution in [2.24, 2.45) is 11.8 Å². The van der Waals surface area contributed by atoms with E-state index in [9.17, 15) is 4.79 Å². The average Bonchev–Trinajstić information content (AvgIpc) is 3.08. The van der Waals surface area contributed by atoms with Crippen LogP contribution in [0.1, 0.15) is 37.7 Å². The number of benzene rings is 1. The van der Waals surface area contributed by atoms with E-state index in [-0.39, 0.29) is 0 Å². The summed E-state index contributed by atoms with van der Waals surface area (Å²) in [7, 11) is 6.11. The maximum Gasteiger partial charge on any atom is 0.222 e. The van der Waals surface area contributed by atoms with Gasteiger partial charge in [-0.2, -0.15) is 0 Å². The summed E-state index contributed by atoms with van der Waals surface area (Å²) in [5.41, 5.74) is 1.37. The van der Waals surface area contributed by atoms with E-state index in [0.717, 1.165) is 45.2 Å². The van der Waals surface area contributed by atoms with Crippen LogP contribution in [0.15, 0.2) is 30.3 Å². The third kappa shape index (κ3) is 4.66. The van der Waals surface area contributed by atoms with Gasteiger partial charge >= 0.3 is 0 Å². The number of likely N-dealkylation sites (tertiary alicyclic amines) is 1. The minimum atomic E-state index is 0.298. The molecule has 1 aromatic rings. The molecule has 4 nitrogen and oxygen atoms in total. The number of hydrogen-bond donors (Lipinski definition) is 0. The summed E-state index contributed by atoms with van der Waals surface area (Å²) in [4.78, 5) is 17.1. The fourth-order valence-electron chi connectivity index (χ4n) is 4.80. The van der Waals surface area contributed by atoms with Crippen molar-refractivity contribution < 1.29 is 9.53 Å². The Labute approximate surface area is 158 Å². The van der Waals surface area contributed by atoms with Gasteiger partial charge in [-0.15, -0.1) is 0 Å². The number of fused-ring (bicyclic) bond motifs is 1. The van der Waals surface area contributed by atoms with E-state index in [1.807, 2.05) is 7.11 Å². The van der Waals surface area contributed by atoms with E-state index in [1.54, 1.807) is 0 Å². The smallest absolute Gasteiger partial charge is 0.222 e. The number of aryl methyl sites for hydroxylation is 1. The predicted octanol–water partition coefficient (Wildman–Crippen LogP) is 3.21. The number of carbonyl (C=O) groups excluding carboxylic acids is 1. The van der Waals surface area contributed by atoms with Crippen LogP contribution in [0.25, 0.3) is 0 Å². The van der Waals surface area contributed by atoms with Crippen molar-refractivity contribution in [3.8, 4) is 0 Å². The van der Waals surface area contributed by atoms with Crippen molar-refractivity contribution in [1.82, 2.24) is 9.80 Å². The summed E-state index contributed by atoms with van der Waals surface area (Å²) in [5.74, 6) is 1.61. The van der Waals surface area contributed by atoms with Gasteiger partial charge in [-0.3, -0.25) is 4.79 Å². The van der Waals surface area contributed by atoms with Crippen LogP contribution in [-0.4, -0.2) is 62.1 Å². The molecule has 4 atom stereocenters. The number of carbonyl (C=O) groups is 1. The lowest BCUT2D eigenvalue weighted by Gasteiger charge is -2.40. The van der Waals surface area contributed by atoms with Crippen LogP contribution in [0.2, 0.25) is 0 Å². The Bertz CT molecular complexity index is 575. The molecule has 1 aliphatic heterocycles. The van der Waals surface area contributed by atoms with E-state index in [4.69, 9.17) is 4.74 Å². The van der Waals surface area contributed by atoms with E-state index in [1.165, 1.54) is 5.56 Å². The van der Waals surface area contributed by atoms with Gasteiger partial charge < -0.3 is 14.5 Å². The molecule has 4 heteroatoms. The van der Waals surface area contributed by atoms with Crippen molar-refractivity contribution >= 4 is 5.91 Å². The molecule has 1 aliphatic carbocycles. The molecule has 1 saturated heterocycles. The molecule has 0 unspecified atom stereocenters. The monoisotopic (exact) mass is 358 g/mol. The molecule has 2 aliphatic rings. The Morgan fingerprint density at radius 2 is 1.81 bits per heavy atom. The first kappa shape index (κ1) is 19.4. The van der Waals surface area contributed by atoms with Crippen molar-refractivity contribution in [2.45, 2.75) is 50.7 Å². The predicted molar refractivity (Wildman–Crippen MR) is 105 cm³/mol. The first-order valence-corrected chi connectivity index (χ1v) is 10.1. The number of amides is 1. The minimum Gasteiger partial charge on any atom is -0.380 e. The zero-order valence-electron chi connectivity index (χ0n) is 16.6. The van der Waals surface area contributed by atoms with Gasteiger partial charge in [0, 0.05) is 32.7 Å². The van der Waals surface area contributed by atoms with Crippen molar-refractivity contribution in [2.75, 3.05) is 34.3 Å². The average molecular weight is 359 g/mol.